The number of carbonyl (C=O) groups is 2. The van der Waals surface area contributed by atoms with Gasteiger partial charge in [-0.15, -0.1) is 10.6 Å². The molecule has 0 saturated carbocycles. The fraction of sp³-hybridized carbons (Fsp3) is 0.250. The third-order valence-electron chi connectivity index (χ3n) is 3.96. The summed E-state index contributed by atoms with van der Waals surface area (Å²) in [5, 5.41) is 13.8. The number of hydrazine groups is 2. The van der Waals surface area contributed by atoms with Crippen LogP contribution in [0.25, 0.3) is 0 Å². The molecule has 0 spiro atoms. The normalized spacial score (nSPS) is 13.2. The zero-order valence-electron chi connectivity index (χ0n) is 16.0. The Kier molecular flexibility index (Phi) is 6.03. The van der Waals surface area contributed by atoms with Crippen molar-refractivity contribution >= 4 is 35.1 Å². The van der Waals surface area contributed by atoms with E-state index in [1.54, 1.807) is 21.0 Å². The second-order valence-electron chi connectivity index (χ2n) is 6.10. The predicted molar refractivity (Wildman–Crippen MR) is 103 cm³/mol. The number of aryl methyl sites for hydroxylation is 2. The Morgan fingerprint density at radius 3 is 2.53 bits per heavy atom. The minimum Gasteiger partial charge on any atom is -0.433 e. The van der Waals surface area contributed by atoms with Crippen LogP contribution in [-0.2, 0) is 7.05 Å². The van der Waals surface area contributed by atoms with Crippen molar-refractivity contribution in [1.82, 2.24) is 31.2 Å². The summed E-state index contributed by atoms with van der Waals surface area (Å²) in [6.45, 7) is -1.49. The number of alkyl halides is 2. The summed E-state index contributed by atoms with van der Waals surface area (Å²) in [5.41, 5.74) is 5.38. The van der Waals surface area contributed by atoms with Crippen molar-refractivity contribution < 1.29 is 23.1 Å². The van der Waals surface area contributed by atoms with Gasteiger partial charge in [0.25, 0.3) is 11.8 Å². The van der Waals surface area contributed by atoms with Crippen LogP contribution in [0.15, 0.2) is 23.3 Å². The summed E-state index contributed by atoms with van der Waals surface area (Å²) in [6, 6.07) is 3.80. The van der Waals surface area contributed by atoms with E-state index in [0.717, 1.165) is 6.07 Å². The molecule has 1 aromatic carbocycles. The first-order chi connectivity index (χ1) is 14.2. The van der Waals surface area contributed by atoms with Crippen LogP contribution in [0.5, 0.6) is 5.75 Å². The maximum absolute atomic E-state index is 12.8. The van der Waals surface area contributed by atoms with Gasteiger partial charge in [-0.2, -0.15) is 13.9 Å². The molecule has 3 rings (SSSR count). The number of aromatic nitrogens is 2. The first-order valence-electron chi connectivity index (χ1n) is 8.40. The topological polar surface area (TPSA) is 125 Å². The van der Waals surface area contributed by atoms with Crippen molar-refractivity contribution in [3.63, 3.8) is 0 Å². The molecular formula is C16H17ClF2N8O3. The van der Waals surface area contributed by atoms with Gasteiger partial charge >= 0.3 is 6.61 Å². The van der Waals surface area contributed by atoms with E-state index in [9.17, 15) is 18.4 Å². The standard InChI is InChI=1S/C16H17ClF2N8O3/c1-7-6-9(26(2)23-7)14(29)20-12-10(30-15(18)19)5-4-8(11(12)17)13(28)21-16-22-24-25-27(16)3/h4-6,15,24-25H,1-3H3,(H,20,29)(H,21,22,28). The van der Waals surface area contributed by atoms with Crippen LogP contribution in [-0.4, -0.2) is 46.2 Å². The summed E-state index contributed by atoms with van der Waals surface area (Å²) < 4.78 is 31.4. The molecule has 1 aliphatic heterocycles. The molecule has 2 amide bonds. The molecule has 0 atom stereocenters. The number of carbonyl (C=O) groups excluding carboxylic acids is 2. The van der Waals surface area contributed by atoms with Crippen molar-refractivity contribution in [3.8, 4) is 5.75 Å². The van der Waals surface area contributed by atoms with Crippen molar-refractivity contribution in [1.29, 1.82) is 0 Å². The van der Waals surface area contributed by atoms with E-state index >= 15 is 0 Å². The number of nitrogens with one attached hydrogen (secondary N) is 4. The number of nitrogens with zero attached hydrogens (tertiary/aromatic N) is 4. The lowest BCUT2D eigenvalue weighted by Crippen LogP contribution is -2.45. The molecule has 1 aromatic heterocycles. The minimum atomic E-state index is -3.17. The molecular weight excluding hydrogens is 426 g/mol. The fourth-order valence-corrected chi connectivity index (χ4v) is 2.90. The largest absolute Gasteiger partial charge is 0.433 e. The molecule has 0 bridgehead atoms. The Balaban J connectivity index is 1.94. The number of benzene rings is 1. The Bertz CT molecular complexity index is 1030. The van der Waals surface area contributed by atoms with E-state index in [1.807, 2.05) is 0 Å². The zero-order chi connectivity index (χ0) is 22.0. The van der Waals surface area contributed by atoms with E-state index in [0.29, 0.717) is 5.69 Å². The summed E-state index contributed by atoms with van der Waals surface area (Å²) in [4.78, 5) is 25.2. The number of anilines is 1. The van der Waals surface area contributed by atoms with Gasteiger partial charge in [0.1, 0.15) is 11.4 Å². The van der Waals surface area contributed by atoms with E-state index < -0.39 is 24.2 Å². The second kappa shape index (κ2) is 8.51. The Labute approximate surface area is 173 Å². The quantitative estimate of drug-likeness (QED) is 0.548. The van der Waals surface area contributed by atoms with Gasteiger partial charge in [0.2, 0.25) is 5.96 Å². The predicted octanol–water partition coefficient (Wildman–Crippen LogP) is 1.19. The highest BCUT2D eigenvalue weighted by Gasteiger charge is 2.24. The molecule has 0 fully saturated rings. The summed E-state index contributed by atoms with van der Waals surface area (Å²) in [7, 11) is 3.13. The molecule has 2 aromatic rings. The smallest absolute Gasteiger partial charge is 0.387 e. The van der Waals surface area contributed by atoms with Crippen LogP contribution in [0.1, 0.15) is 26.5 Å². The SMILES string of the molecule is Cc1cc(C(=O)Nc2c(OC(F)F)ccc(C(=O)NC3=NNNN3C)c2Cl)n(C)n1. The molecule has 0 unspecified atom stereocenters. The summed E-state index contributed by atoms with van der Waals surface area (Å²) in [6.07, 6.45) is 0. The number of hydrogen-bond donors (Lipinski definition) is 4. The molecule has 30 heavy (non-hydrogen) atoms. The van der Waals surface area contributed by atoms with E-state index in [2.05, 4.69) is 36.6 Å². The Morgan fingerprint density at radius 2 is 1.97 bits per heavy atom. The number of halogens is 3. The minimum absolute atomic E-state index is 0.0993. The Morgan fingerprint density at radius 1 is 1.23 bits per heavy atom. The van der Waals surface area contributed by atoms with Crippen LogP contribution in [0.2, 0.25) is 5.02 Å². The van der Waals surface area contributed by atoms with Gasteiger partial charge in [-0.25, -0.2) is 5.53 Å². The second-order valence-corrected chi connectivity index (χ2v) is 6.48. The molecule has 14 heteroatoms. The van der Waals surface area contributed by atoms with Crippen LogP contribution >= 0.6 is 11.6 Å². The molecule has 160 valence electrons. The molecule has 11 nitrogen and oxygen atoms in total. The lowest BCUT2D eigenvalue weighted by Gasteiger charge is -2.17. The third-order valence-corrected chi connectivity index (χ3v) is 4.35. The first kappa shape index (κ1) is 21.3. The molecule has 1 aliphatic rings. The van der Waals surface area contributed by atoms with E-state index in [1.165, 1.54) is 21.8 Å². The van der Waals surface area contributed by atoms with Gasteiger partial charge in [-0.3, -0.25) is 24.6 Å². The van der Waals surface area contributed by atoms with E-state index in [-0.39, 0.29) is 27.9 Å². The Hall–Kier alpha value is -3.45. The van der Waals surface area contributed by atoms with Gasteiger partial charge < -0.3 is 10.1 Å². The van der Waals surface area contributed by atoms with Gasteiger partial charge in [0, 0.05) is 14.1 Å². The zero-order valence-corrected chi connectivity index (χ0v) is 16.7. The monoisotopic (exact) mass is 442 g/mol. The molecule has 4 N–H and O–H groups in total. The van der Waals surface area contributed by atoms with Crippen molar-refractivity contribution in [2.24, 2.45) is 12.1 Å². The maximum Gasteiger partial charge on any atom is 0.387 e. The molecule has 0 saturated heterocycles. The lowest BCUT2D eigenvalue weighted by atomic mass is 10.1. The van der Waals surface area contributed by atoms with Crippen molar-refractivity contribution in [2.45, 2.75) is 13.5 Å². The van der Waals surface area contributed by atoms with Crippen molar-refractivity contribution in [3.05, 3.63) is 40.2 Å². The lowest BCUT2D eigenvalue weighted by molar-refractivity contribution is -0.0493. The number of hydrogen-bond acceptors (Lipinski definition) is 8. The van der Waals surface area contributed by atoms with Crippen LogP contribution in [0.3, 0.4) is 0 Å². The van der Waals surface area contributed by atoms with E-state index in [4.69, 9.17) is 11.6 Å². The van der Waals surface area contributed by atoms with Gasteiger partial charge in [0.15, 0.2) is 5.75 Å². The van der Waals surface area contributed by atoms with Crippen LogP contribution < -0.4 is 26.4 Å². The highest BCUT2D eigenvalue weighted by atomic mass is 35.5. The molecule has 0 radical (unpaired) electrons. The van der Waals surface area contributed by atoms with Gasteiger partial charge in [-0.1, -0.05) is 11.6 Å². The summed E-state index contributed by atoms with van der Waals surface area (Å²) in [5.74, 6) is -1.63. The average Bonchev–Trinajstić information content (AvgIpc) is 3.22. The van der Waals surface area contributed by atoms with Gasteiger partial charge in [-0.05, 0) is 25.1 Å². The number of amides is 2. The van der Waals surface area contributed by atoms with Crippen LogP contribution in [0, 0.1) is 6.92 Å². The average molecular weight is 443 g/mol. The maximum atomic E-state index is 12.8. The highest BCUT2D eigenvalue weighted by molar-refractivity contribution is 6.37. The highest BCUT2D eigenvalue weighted by Crippen LogP contribution is 2.36. The number of rotatable bonds is 5. The molecule has 0 aliphatic carbocycles. The fourth-order valence-electron chi connectivity index (χ4n) is 2.61. The number of guanidine groups is 1. The van der Waals surface area contributed by atoms with Crippen molar-refractivity contribution in [2.75, 3.05) is 12.4 Å². The first-order valence-corrected chi connectivity index (χ1v) is 8.78. The third kappa shape index (κ3) is 4.41. The number of hydrazone groups is 1. The van der Waals surface area contributed by atoms with Crippen LogP contribution in [0.4, 0.5) is 14.5 Å². The summed E-state index contributed by atoms with van der Waals surface area (Å²) >= 11 is 6.28. The van der Waals surface area contributed by atoms with Gasteiger partial charge in [0.05, 0.1) is 16.3 Å². The number of ether oxygens (including phenoxy) is 1. The molecule has 2 heterocycles.